The highest BCUT2D eigenvalue weighted by molar-refractivity contribution is 6.22. The van der Waals surface area contributed by atoms with Crippen molar-refractivity contribution in [2.24, 2.45) is 11.8 Å². The Kier molecular flexibility index (Phi) is 4.28. The average Bonchev–Trinajstić information content (AvgIpc) is 2.78. The summed E-state index contributed by atoms with van der Waals surface area (Å²) in [6.07, 6.45) is 1.04. The molecule has 1 fully saturated rings. The Bertz CT molecular complexity index is 766. The Morgan fingerprint density at radius 3 is 2.36 bits per heavy atom. The standard InChI is InChI=1S/C17H19N3O5/c1-10-5-11(2)8-18(7-10)15(21)9-19-16(22)13-4-3-12(20(24)25)6-14(13)17(19)23/h3-4,6,10-11H,5,7-9H2,1-2H3/t10-,11-/m1/s1. The van der Waals surface area contributed by atoms with Crippen LogP contribution >= 0.6 is 0 Å². The van der Waals surface area contributed by atoms with E-state index >= 15 is 0 Å². The predicted octanol–water partition coefficient (Wildman–Crippen LogP) is 1.70. The van der Waals surface area contributed by atoms with Gasteiger partial charge in [-0.25, -0.2) is 0 Å². The molecule has 0 N–H and O–H groups in total. The SMILES string of the molecule is C[C@@H]1C[C@@H](C)CN(C(=O)CN2C(=O)c3ccc([N+](=O)[O-])cc3C2=O)C1. The maximum absolute atomic E-state index is 12.5. The second kappa shape index (κ2) is 6.27. The molecule has 132 valence electrons. The van der Waals surface area contributed by atoms with Gasteiger partial charge >= 0.3 is 0 Å². The molecule has 0 saturated carbocycles. The Hall–Kier alpha value is -2.77. The van der Waals surface area contributed by atoms with Gasteiger partial charge in [0.15, 0.2) is 0 Å². The number of carbonyl (C=O) groups excluding carboxylic acids is 3. The number of hydrogen-bond acceptors (Lipinski definition) is 5. The van der Waals surface area contributed by atoms with Crippen LogP contribution in [0.4, 0.5) is 5.69 Å². The average molecular weight is 345 g/mol. The number of non-ortho nitro benzene ring substituents is 1. The molecule has 0 bridgehead atoms. The molecule has 3 amide bonds. The van der Waals surface area contributed by atoms with Crippen molar-refractivity contribution in [2.75, 3.05) is 19.6 Å². The van der Waals surface area contributed by atoms with E-state index in [-0.39, 0.29) is 29.3 Å². The van der Waals surface area contributed by atoms with Gasteiger partial charge in [-0.05, 0) is 24.3 Å². The first-order chi connectivity index (χ1) is 11.8. The fourth-order valence-corrected chi connectivity index (χ4v) is 3.64. The van der Waals surface area contributed by atoms with Gasteiger partial charge in [0.25, 0.3) is 17.5 Å². The molecule has 0 aromatic heterocycles. The van der Waals surface area contributed by atoms with Crippen LogP contribution in [0.5, 0.6) is 0 Å². The lowest BCUT2D eigenvalue weighted by molar-refractivity contribution is -0.384. The lowest BCUT2D eigenvalue weighted by atomic mass is 9.92. The summed E-state index contributed by atoms with van der Waals surface area (Å²) in [5.41, 5.74) is -0.178. The fourth-order valence-electron chi connectivity index (χ4n) is 3.64. The minimum atomic E-state index is -0.657. The van der Waals surface area contributed by atoms with Gasteiger partial charge < -0.3 is 4.90 Å². The molecule has 1 saturated heterocycles. The summed E-state index contributed by atoms with van der Waals surface area (Å²) < 4.78 is 0. The first kappa shape index (κ1) is 17.1. The molecule has 2 aliphatic heterocycles. The van der Waals surface area contributed by atoms with E-state index in [4.69, 9.17) is 0 Å². The summed E-state index contributed by atoms with van der Waals surface area (Å²) in [6.45, 7) is 5.02. The van der Waals surface area contributed by atoms with Crippen LogP contribution < -0.4 is 0 Å². The number of hydrogen-bond donors (Lipinski definition) is 0. The number of benzene rings is 1. The lowest BCUT2D eigenvalue weighted by Crippen LogP contribution is -2.48. The quantitative estimate of drug-likeness (QED) is 0.471. The van der Waals surface area contributed by atoms with Crippen molar-refractivity contribution >= 4 is 23.4 Å². The lowest BCUT2D eigenvalue weighted by Gasteiger charge is -2.35. The van der Waals surface area contributed by atoms with Gasteiger partial charge in [-0.2, -0.15) is 0 Å². The van der Waals surface area contributed by atoms with Gasteiger partial charge in [0, 0.05) is 25.2 Å². The van der Waals surface area contributed by atoms with Gasteiger partial charge in [-0.3, -0.25) is 29.4 Å². The number of carbonyl (C=O) groups is 3. The molecule has 3 rings (SSSR count). The zero-order valence-corrected chi connectivity index (χ0v) is 14.1. The van der Waals surface area contributed by atoms with Crippen molar-refractivity contribution in [3.63, 3.8) is 0 Å². The molecule has 1 aromatic rings. The zero-order chi connectivity index (χ0) is 18.3. The van der Waals surface area contributed by atoms with Crippen molar-refractivity contribution in [1.29, 1.82) is 0 Å². The molecule has 0 unspecified atom stereocenters. The maximum atomic E-state index is 12.5. The van der Waals surface area contributed by atoms with Crippen molar-refractivity contribution in [2.45, 2.75) is 20.3 Å². The number of amides is 3. The topological polar surface area (TPSA) is 101 Å². The zero-order valence-electron chi connectivity index (χ0n) is 14.1. The monoisotopic (exact) mass is 345 g/mol. The number of fused-ring (bicyclic) bond motifs is 1. The van der Waals surface area contributed by atoms with Crippen LogP contribution in [0.15, 0.2) is 18.2 Å². The van der Waals surface area contributed by atoms with Gasteiger partial charge in [0.1, 0.15) is 6.54 Å². The van der Waals surface area contributed by atoms with Crippen molar-refractivity contribution in [3.05, 3.63) is 39.4 Å². The Labute approximate surface area is 144 Å². The van der Waals surface area contributed by atoms with E-state index in [1.807, 2.05) is 0 Å². The molecule has 0 spiro atoms. The minimum absolute atomic E-state index is 0.0209. The number of imide groups is 1. The third-order valence-corrected chi connectivity index (χ3v) is 4.68. The maximum Gasteiger partial charge on any atom is 0.270 e. The summed E-state index contributed by atoms with van der Waals surface area (Å²) in [7, 11) is 0. The van der Waals surface area contributed by atoms with E-state index in [1.54, 1.807) is 4.90 Å². The van der Waals surface area contributed by atoms with Crippen LogP contribution in [0, 0.1) is 22.0 Å². The highest BCUT2D eigenvalue weighted by Crippen LogP contribution is 2.27. The van der Waals surface area contributed by atoms with E-state index < -0.39 is 16.7 Å². The molecule has 0 aliphatic carbocycles. The van der Waals surface area contributed by atoms with Crippen molar-refractivity contribution in [1.82, 2.24) is 9.80 Å². The first-order valence-electron chi connectivity index (χ1n) is 8.20. The number of nitrogens with zero attached hydrogens (tertiary/aromatic N) is 3. The van der Waals surface area contributed by atoms with Crippen LogP contribution in [0.1, 0.15) is 41.0 Å². The summed E-state index contributed by atoms with van der Waals surface area (Å²) >= 11 is 0. The fraction of sp³-hybridized carbons (Fsp3) is 0.471. The van der Waals surface area contributed by atoms with E-state index in [9.17, 15) is 24.5 Å². The Balaban J connectivity index is 1.77. The number of nitro benzene ring substituents is 1. The number of nitro groups is 1. The van der Waals surface area contributed by atoms with Gasteiger partial charge in [-0.15, -0.1) is 0 Å². The summed E-state index contributed by atoms with van der Waals surface area (Å²) in [6, 6.07) is 3.54. The largest absolute Gasteiger partial charge is 0.341 e. The molecule has 25 heavy (non-hydrogen) atoms. The summed E-state index contributed by atoms with van der Waals surface area (Å²) in [5, 5.41) is 10.9. The van der Waals surface area contributed by atoms with Crippen molar-refractivity contribution < 1.29 is 19.3 Å². The predicted molar refractivity (Wildman–Crippen MR) is 88.0 cm³/mol. The van der Waals surface area contributed by atoms with Crippen LogP contribution in [0.3, 0.4) is 0 Å². The number of likely N-dealkylation sites (tertiary alicyclic amines) is 1. The second-order valence-electron chi connectivity index (χ2n) is 6.93. The molecular weight excluding hydrogens is 326 g/mol. The first-order valence-corrected chi connectivity index (χ1v) is 8.20. The number of piperidine rings is 1. The third-order valence-electron chi connectivity index (χ3n) is 4.68. The third kappa shape index (κ3) is 3.11. The highest BCUT2D eigenvalue weighted by atomic mass is 16.6. The van der Waals surface area contributed by atoms with Crippen LogP contribution in [0.2, 0.25) is 0 Å². The second-order valence-corrected chi connectivity index (χ2v) is 6.93. The summed E-state index contributed by atoms with van der Waals surface area (Å²) in [4.78, 5) is 50.2. The van der Waals surface area contributed by atoms with Crippen LogP contribution in [-0.2, 0) is 4.79 Å². The minimum Gasteiger partial charge on any atom is -0.341 e. The summed E-state index contributed by atoms with van der Waals surface area (Å²) in [5.74, 6) is -0.769. The van der Waals surface area contributed by atoms with E-state index in [2.05, 4.69) is 13.8 Å². The van der Waals surface area contributed by atoms with Crippen molar-refractivity contribution in [3.8, 4) is 0 Å². The van der Waals surface area contributed by atoms with Gasteiger partial charge in [0.05, 0.1) is 16.1 Å². The molecule has 8 nitrogen and oxygen atoms in total. The normalized spacial score (nSPS) is 23.0. The van der Waals surface area contributed by atoms with Gasteiger partial charge in [0.2, 0.25) is 5.91 Å². The Morgan fingerprint density at radius 2 is 1.76 bits per heavy atom. The number of rotatable bonds is 3. The molecule has 1 aromatic carbocycles. The van der Waals surface area contributed by atoms with E-state index in [0.717, 1.165) is 17.4 Å². The van der Waals surface area contributed by atoms with E-state index in [1.165, 1.54) is 12.1 Å². The molecule has 2 atom stereocenters. The molecule has 8 heteroatoms. The highest BCUT2D eigenvalue weighted by Gasteiger charge is 2.39. The van der Waals surface area contributed by atoms with Crippen LogP contribution in [-0.4, -0.2) is 52.1 Å². The van der Waals surface area contributed by atoms with Gasteiger partial charge in [-0.1, -0.05) is 13.8 Å². The molecular formula is C17H19N3O5. The molecule has 2 aliphatic rings. The molecule has 0 radical (unpaired) electrons. The molecule has 2 heterocycles. The smallest absolute Gasteiger partial charge is 0.270 e. The van der Waals surface area contributed by atoms with Crippen LogP contribution in [0.25, 0.3) is 0 Å². The van der Waals surface area contributed by atoms with E-state index in [0.29, 0.717) is 24.9 Å². The Morgan fingerprint density at radius 1 is 1.16 bits per heavy atom.